The molecule has 0 radical (unpaired) electrons. The zero-order valence-corrected chi connectivity index (χ0v) is 29.9. The molecule has 0 heterocycles. The second-order valence-corrected chi connectivity index (χ2v) is 17.2. The van der Waals surface area contributed by atoms with E-state index in [2.05, 4.69) is 54.5 Å². The van der Waals surface area contributed by atoms with Gasteiger partial charge in [0.05, 0.1) is 19.6 Å². The SMILES string of the molecule is COC(=O)[C@]12CC[C@@H](C)[C@H](C)[C@H]1C1=CC[C@@H]3[C@@]4(C)CC[C@H](OC(=O)/C=C\c5ccc(OC)cc5)C(C)(C)[C@@H]4CC[C@@]3(C)[C@]1(C)CC2. The number of carbonyl (C=O) groups excluding carboxylic acids is 2. The molecular weight excluding hydrogens is 572 g/mol. The molecule has 4 fully saturated rings. The minimum absolute atomic E-state index is 0.0237. The summed E-state index contributed by atoms with van der Waals surface area (Å²) in [4.78, 5) is 26.7. The Morgan fingerprint density at radius 2 is 1.57 bits per heavy atom. The number of esters is 2. The Labute approximate surface area is 277 Å². The van der Waals surface area contributed by atoms with Crippen molar-refractivity contribution >= 4 is 18.0 Å². The first-order valence-corrected chi connectivity index (χ1v) is 18.0. The van der Waals surface area contributed by atoms with Gasteiger partial charge in [-0.3, -0.25) is 4.79 Å². The Balaban J connectivity index is 1.26. The van der Waals surface area contributed by atoms with Crippen LogP contribution >= 0.6 is 0 Å². The Hall–Kier alpha value is -2.56. The molecular formula is C41H58O5. The summed E-state index contributed by atoms with van der Waals surface area (Å²) in [6.07, 6.45) is 15.3. The van der Waals surface area contributed by atoms with Crippen molar-refractivity contribution in [1.82, 2.24) is 0 Å². The summed E-state index contributed by atoms with van der Waals surface area (Å²) in [5.74, 6) is 2.93. The molecule has 0 aromatic heterocycles. The van der Waals surface area contributed by atoms with Gasteiger partial charge in [-0.05, 0) is 127 Å². The lowest BCUT2D eigenvalue weighted by molar-refractivity contribution is -0.213. The first-order chi connectivity index (χ1) is 21.7. The molecule has 1 aromatic carbocycles. The predicted octanol–water partition coefficient (Wildman–Crippen LogP) is 9.45. The average molecular weight is 631 g/mol. The maximum Gasteiger partial charge on any atom is 0.331 e. The van der Waals surface area contributed by atoms with E-state index in [-0.39, 0.29) is 51.0 Å². The summed E-state index contributed by atoms with van der Waals surface area (Å²) in [7, 11) is 3.24. The number of fused-ring (bicyclic) bond motifs is 7. The van der Waals surface area contributed by atoms with Gasteiger partial charge in [0.2, 0.25) is 0 Å². The molecule has 5 aliphatic rings. The summed E-state index contributed by atoms with van der Waals surface area (Å²) in [6.45, 7) is 17.2. The number of hydrogen-bond acceptors (Lipinski definition) is 5. The lowest BCUT2D eigenvalue weighted by Crippen LogP contribution is -2.65. The smallest absolute Gasteiger partial charge is 0.331 e. The topological polar surface area (TPSA) is 61.8 Å². The van der Waals surface area contributed by atoms with Gasteiger partial charge in [0.1, 0.15) is 11.9 Å². The Morgan fingerprint density at radius 1 is 0.848 bits per heavy atom. The van der Waals surface area contributed by atoms with Gasteiger partial charge in [-0.15, -0.1) is 0 Å². The van der Waals surface area contributed by atoms with Crippen molar-refractivity contribution in [3.05, 3.63) is 47.6 Å². The molecule has 0 N–H and O–H groups in total. The molecule has 0 unspecified atom stereocenters. The van der Waals surface area contributed by atoms with Gasteiger partial charge < -0.3 is 14.2 Å². The fraction of sp³-hybridized carbons (Fsp3) is 0.707. The van der Waals surface area contributed by atoms with Crippen molar-refractivity contribution in [2.75, 3.05) is 14.2 Å². The maximum atomic E-state index is 13.6. The van der Waals surface area contributed by atoms with E-state index in [4.69, 9.17) is 14.2 Å². The maximum absolute atomic E-state index is 13.6. The fourth-order valence-electron chi connectivity index (χ4n) is 12.3. The van der Waals surface area contributed by atoms with Crippen LogP contribution in [0.4, 0.5) is 0 Å². The van der Waals surface area contributed by atoms with Crippen LogP contribution in [0, 0.1) is 56.7 Å². The highest BCUT2D eigenvalue weighted by molar-refractivity contribution is 5.87. The van der Waals surface area contributed by atoms with Crippen molar-refractivity contribution in [2.45, 2.75) is 112 Å². The lowest BCUT2D eigenvalue weighted by atomic mass is 9.33. The third-order valence-corrected chi connectivity index (χ3v) is 15.3. The molecule has 0 bridgehead atoms. The summed E-state index contributed by atoms with van der Waals surface area (Å²) >= 11 is 0. The molecule has 4 saturated carbocycles. The Kier molecular flexibility index (Phi) is 8.37. The van der Waals surface area contributed by atoms with Crippen LogP contribution in [-0.2, 0) is 19.1 Å². The number of ether oxygens (including phenoxy) is 3. The van der Waals surface area contributed by atoms with E-state index in [0.717, 1.165) is 62.7 Å². The van der Waals surface area contributed by atoms with E-state index < -0.39 is 0 Å². The summed E-state index contributed by atoms with van der Waals surface area (Å²) in [5, 5.41) is 0. The normalized spacial score (nSPS) is 42.8. The molecule has 0 saturated heterocycles. The minimum Gasteiger partial charge on any atom is -0.497 e. The van der Waals surface area contributed by atoms with Crippen LogP contribution in [-0.4, -0.2) is 32.3 Å². The second kappa shape index (κ2) is 11.5. The van der Waals surface area contributed by atoms with Gasteiger partial charge >= 0.3 is 11.9 Å². The minimum atomic E-state index is -0.373. The Bertz CT molecular complexity index is 1410. The van der Waals surface area contributed by atoms with Gasteiger partial charge in [-0.1, -0.05) is 72.2 Å². The van der Waals surface area contributed by atoms with Gasteiger partial charge in [0, 0.05) is 11.5 Å². The van der Waals surface area contributed by atoms with Gasteiger partial charge in [-0.2, -0.15) is 0 Å². The van der Waals surface area contributed by atoms with E-state index in [1.54, 1.807) is 25.9 Å². The highest BCUT2D eigenvalue weighted by Crippen LogP contribution is 2.76. The van der Waals surface area contributed by atoms with Crippen LogP contribution < -0.4 is 4.74 Å². The second-order valence-electron chi connectivity index (χ2n) is 17.2. The third kappa shape index (κ3) is 4.75. The summed E-state index contributed by atoms with van der Waals surface area (Å²) in [5.41, 5.74) is 2.41. The molecule has 0 amide bonds. The van der Waals surface area contributed by atoms with Crippen LogP contribution in [0.3, 0.4) is 0 Å². The summed E-state index contributed by atoms with van der Waals surface area (Å²) < 4.78 is 17.1. The van der Waals surface area contributed by atoms with Crippen molar-refractivity contribution in [3.8, 4) is 5.75 Å². The van der Waals surface area contributed by atoms with E-state index in [1.807, 2.05) is 30.3 Å². The van der Waals surface area contributed by atoms with E-state index in [1.165, 1.54) is 6.42 Å². The standard InChI is InChI=1S/C41H58O5/c1-26-18-23-41(36(43)45-9)25-24-39(6)30(35(41)27(26)2)15-16-32-38(5)21-20-33(37(3,4)31(38)19-22-40(32,39)7)46-34(42)17-12-28-10-13-29(44-8)14-11-28/h10-15,17,26-27,31-33,35H,16,18-25H2,1-9H3/b17-12-/t26-,27+,31+,32-,33+,35+,38+,39-,40-,41+/m1/s1. The number of rotatable bonds is 5. The van der Waals surface area contributed by atoms with E-state index in [9.17, 15) is 9.59 Å². The molecule has 10 atom stereocenters. The van der Waals surface area contributed by atoms with E-state index in [0.29, 0.717) is 23.7 Å². The highest BCUT2D eigenvalue weighted by Gasteiger charge is 2.69. The number of methoxy groups -OCH3 is 2. The molecule has 252 valence electrons. The first kappa shape index (κ1) is 33.3. The highest BCUT2D eigenvalue weighted by atomic mass is 16.5. The summed E-state index contributed by atoms with van der Waals surface area (Å²) in [6, 6.07) is 7.68. The molecule has 46 heavy (non-hydrogen) atoms. The number of benzene rings is 1. The lowest BCUT2D eigenvalue weighted by Gasteiger charge is -2.71. The molecule has 5 heteroatoms. The fourth-order valence-corrected chi connectivity index (χ4v) is 12.3. The van der Waals surface area contributed by atoms with Crippen molar-refractivity contribution < 1.29 is 23.8 Å². The van der Waals surface area contributed by atoms with Crippen molar-refractivity contribution in [2.24, 2.45) is 56.7 Å². The van der Waals surface area contributed by atoms with Crippen LogP contribution in [0.5, 0.6) is 5.75 Å². The predicted molar refractivity (Wildman–Crippen MR) is 183 cm³/mol. The van der Waals surface area contributed by atoms with Gasteiger partial charge in [0.25, 0.3) is 0 Å². The van der Waals surface area contributed by atoms with Crippen LogP contribution in [0.15, 0.2) is 42.0 Å². The molecule has 0 aliphatic heterocycles. The quantitative estimate of drug-likeness (QED) is 0.184. The number of carbonyl (C=O) groups is 2. The molecule has 6 rings (SSSR count). The van der Waals surface area contributed by atoms with Crippen LogP contribution in [0.1, 0.15) is 112 Å². The number of allylic oxidation sites excluding steroid dienone is 2. The third-order valence-electron chi connectivity index (χ3n) is 15.3. The van der Waals surface area contributed by atoms with Crippen molar-refractivity contribution in [3.63, 3.8) is 0 Å². The number of hydrogen-bond donors (Lipinski definition) is 0. The average Bonchev–Trinajstić information content (AvgIpc) is 3.03. The van der Waals surface area contributed by atoms with Gasteiger partial charge in [0.15, 0.2) is 0 Å². The zero-order chi connectivity index (χ0) is 33.3. The largest absolute Gasteiger partial charge is 0.497 e. The van der Waals surface area contributed by atoms with Crippen molar-refractivity contribution in [1.29, 1.82) is 0 Å². The Morgan fingerprint density at radius 3 is 2.24 bits per heavy atom. The molecule has 5 aliphatic carbocycles. The molecule has 1 aromatic rings. The van der Waals surface area contributed by atoms with Crippen LogP contribution in [0.25, 0.3) is 6.08 Å². The molecule has 0 spiro atoms. The molecule has 5 nitrogen and oxygen atoms in total. The first-order valence-electron chi connectivity index (χ1n) is 18.0. The monoisotopic (exact) mass is 630 g/mol. The van der Waals surface area contributed by atoms with Crippen LogP contribution in [0.2, 0.25) is 0 Å². The van der Waals surface area contributed by atoms with Gasteiger partial charge in [-0.25, -0.2) is 4.79 Å². The van der Waals surface area contributed by atoms with E-state index >= 15 is 0 Å². The zero-order valence-electron chi connectivity index (χ0n) is 29.9.